The van der Waals surface area contributed by atoms with Crippen LogP contribution in [0, 0.1) is 5.92 Å². The number of aryl methyl sites for hydroxylation is 1. The van der Waals surface area contributed by atoms with E-state index in [-0.39, 0.29) is 5.91 Å². The summed E-state index contributed by atoms with van der Waals surface area (Å²) in [6, 6.07) is 0.511. The number of amides is 1. The average Bonchev–Trinajstić information content (AvgIpc) is 2.89. The van der Waals surface area contributed by atoms with Crippen molar-refractivity contribution in [3.8, 4) is 0 Å². The maximum Gasteiger partial charge on any atom is 0.272 e. The topological polar surface area (TPSA) is 50.2 Å². The molecule has 5 heteroatoms. The summed E-state index contributed by atoms with van der Waals surface area (Å²) in [6.07, 6.45) is 4.51. The van der Waals surface area contributed by atoms with E-state index in [1.807, 2.05) is 11.9 Å². The van der Waals surface area contributed by atoms with Crippen molar-refractivity contribution in [3.63, 3.8) is 0 Å². The summed E-state index contributed by atoms with van der Waals surface area (Å²) in [6.45, 7) is 2.83. The van der Waals surface area contributed by atoms with Crippen molar-refractivity contribution < 1.29 is 4.79 Å². The first-order valence-electron chi connectivity index (χ1n) is 5.74. The highest BCUT2D eigenvalue weighted by molar-refractivity contribution is 5.92. The van der Waals surface area contributed by atoms with Gasteiger partial charge in [-0.1, -0.05) is 0 Å². The molecule has 1 aromatic heterocycles. The van der Waals surface area contributed by atoms with E-state index < -0.39 is 0 Å². The third kappa shape index (κ3) is 1.43. The van der Waals surface area contributed by atoms with Crippen LogP contribution in [0.4, 0.5) is 0 Å². The fraction of sp³-hybridized carbons (Fsp3) is 0.636. The summed E-state index contributed by atoms with van der Waals surface area (Å²) in [4.78, 5) is 18.1. The number of rotatable bonds is 1. The molecule has 3 heterocycles. The van der Waals surface area contributed by atoms with Gasteiger partial charge in [0, 0.05) is 26.2 Å². The molecule has 2 saturated heterocycles. The fourth-order valence-electron chi connectivity index (χ4n) is 2.74. The van der Waals surface area contributed by atoms with Gasteiger partial charge in [0.25, 0.3) is 5.91 Å². The Labute approximate surface area is 94.4 Å². The predicted octanol–water partition coefficient (Wildman–Crippen LogP) is -0.146. The molecule has 2 aliphatic rings. The minimum absolute atomic E-state index is 0.108. The maximum atomic E-state index is 12.2. The first-order valence-corrected chi connectivity index (χ1v) is 5.74. The number of aromatic nitrogens is 2. The van der Waals surface area contributed by atoms with Gasteiger partial charge >= 0.3 is 0 Å². The molecule has 2 aliphatic heterocycles. The standard InChI is InChI=1S/C11H16N4O/c1-14-7-12-4-10(14)11(16)15-5-8-2-3-13-9(8)6-15/h4,7-9,13H,2-3,5-6H2,1H3/t8-,9+/m0/s1. The number of nitrogens with one attached hydrogen (secondary N) is 1. The van der Waals surface area contributed by atoms with E-state index in [1.54, 1.807) is 17.1 Å². The highest BCUT2D eigenvalue weighted by Crippen LogP contribution is 2.25. The zero-order valence-corrected chi connectivity index (χ0v) is 9.39. The van der Waals surface area contributed by atoms with E-state index in [4.69, 9.17) is 0 Å². The second-order valence-electron chi connectivity index (χ2n) is 4.71. The van der Waals surface area contributed by atoms with Crippen LogP contribution in [-0.4, -0.2) is 46.0 Å². The molecule has 16 heavy (non-hydrogen) atoms. The van der Waals surface area contributed by atoms with Gasteiger partial charge in [0.15, 0.2) is 0 Å². The molecule has 86 valence electrons. The van der Waals surface area contributed by atoms with Crippen LogP contribution >= 0.6 is 0 Å². The van der Waals surface area contributed by atoms with Crippen molar-refractivity contribution >= 4 is 5.91 Å². The zero-order valence-electron chi connectivity index (χ0n) is 9.39. The lowest BCUT2D eigenvalue weighted by Gasteiger charge is -2.17. The molecule has 1 N–H and O–H groups in total. The summed E-state index contributed by atoms with van der Waals surface area (Å²) < 4.78 is 1.78. The summed E-state index contributed by atoms with van der Waals surface area (Å²) >= 11 is 0. The van der Waals surface area contributed by atoms with Crippen molar-refractivity contribution in [2.24, 2.45) is 13.0 Å². The Bertz CT molecular complexity index is 402. The summed E-state index contributed by atoms with van der Waals surface area (Å²) in [7, 11) is 1.86. The summed E-state index contributed by atoms with van der Waals surface area (Å²) in [5, 5.41) is 3.45. The lowest BCUT2D eigenvalue weighted by Crippen LogP contribution is -2.34. The third-order valence-corrected chi connectivity index (χ3v) is 3.69. The molecule has 0 saturated carbocycles. The quantitative estimate of drug-likeness (QED) is 0.716. The van der Waals surface area contributed by atoms with Crippen LogP contribution in [0.1, 0.15) is 16.9 Å². The van der Waals surface area contributed by atoms with Gasteiger partial charge in [0.05, 0.1) is 12.5 Å². The number of likely N-dealkylation sites (tertiary alicyclic amines) is 1. The van der Waals surface area contributed by atoms with Gasteiger partial charge in [-0.2, -0.15) is 0 Å². The molecule has 2 fully saturated rings. The van der Waals surface area contributed by atoms with E-state index in [0.717, 1.165) is 19.6 Å². The lowest BCUT2D eigenvalue weighted by atomic mass is 10.1. The molecule has 2 atom stereocenters. The predicted molar refractivity (Wildman–Crippen MR) is 59.0 cm³/mol. The number of hydrogen-bond donors (Lipinski definition) is 1. The van der Waals surface area contributed by atoms with E-state index in [1.165, 1.54) is 6.42 Å². The van der Waals surface area contributed by atoms with Crippen LogP contribution in [0.15, 0.2) is 12.5 Å². The minimum Gasteiger partial charge on any atom is -0.335 e. The molecule has 0 unspecified atom stereocenters. The Morgan fingerprint density at radius 1 is 1.56 bits per heavy atom. The van der Waals surface area contributed by atoms with Crippen LogP contribution in [0.5, 0.6) is 0 Å². The molecule has 0 aliphatic carbocycles. The third-order valence-electron chi connectivity index (χ3n) is 3.69. The number of carbonyl (C=O) groups excluding carboxylic acids is 1. The molecule has 0 bridgehead atoms. The van der Waals surface area contributed by atoms with Gasteiger partial charge in [-0.05, 0) is 18.9 Å². The van der Waals surface area contributed by atoms with Crippen molar-refractivity contribution in [2.45, 2.75) is 12.5 Å². The van der Waals surface area contributed by atoms with Crippen LogP contribution in [0.25, 0.3) is 0 Å². The van der Waals surface area contributed by atoms with Crippen molar-refractivity contribution in [1.82, 2.24) is 19.8 Å². The lowest BCUT2D eigenvalue weighted by molar-refractivity contribution is 0.0773. The first kappa shape index (κ1) is 9.84. The Morgan fingerprint density at radius 2 is 2.44 bits per heavy atom. The SMILES string of the molecule is Cn1cncc1C(=O)N1C[C@@H]2CCN[C@@H]2C1. The molecule has 3 rings (SSSR count). The normalized spacial score (nSPS) is 28.4. The number of imidazole rings is 1. The zero-order chi connectivity index (χ0) is 11.1. The number of fused-ring (bicyclic) bond motifs is 1. The van der Waals surface area contributed by atoms with Gasteiger partial charge in [0.2, 0.25) is 0 Å². The van der Waals surface area contributed by atoms with Crippen LogP contribution in [0.2, 0.25) is 0 Å². The fourth-order valence-corrected chi connectivity index (χ4v) is 2.74. The highest BCUT2D eigenvalue weighted by atomic mass is 16.2. The van der Waals surface area contributed by atoms with Gasteiger partial charge in [0.1, 0.15) is 5.69 Å². The molecule has 0 aromatic carbocycles. The molecular weight excluding hydrogens is 204 g/mol. The average molecular weight is 220 g/mol. The van der Waals surface area contributed by atoms with E-state index in [2.05, 4.69) is 10.3 Å². The number of nitrogens with zero attached hydrogens (tertiary/aromatic N) is 3. The number of hydrogen-bond acceptors (Lipinski definition) is 3. The maximum absolute atomic E-state index is 12.2. The van der Waals surface area contributed by atoms with Crippen LogP contribution < -0.4 is 5.32 Å². The smallest absolute Gasteiger partial charge is 0.272 e. The Morgan fingerprint density at radius 3 is 3.12 bits per heavy atom. The second kappa shape index (κ2) is 3.59. The first-order chi connectivity index (χ1) is 7.75. The number of carbonyl (C=O) groups is 1. The molecule has 0 radical (unpaired) electrons. The Balaban J connectivity index is 1.75. The van der Waals surface area contributed by atoms with E-state index >= 15 is 0 Å². The van der Waals surface area contributed by atoms with Gasteiger partial charge in [-0.3, -0.25) is 4.79 Å². The van der Waals surface area contributed by atoms with Crippen molar-refractivity contribution in [2.75, 3.05) is 19.6 Å². The Kier molecular flexibility index (Phi) is 2.21. The Hall–Kier alpha value is -1.36. The second-order valence-corrected chi connectivity index (χ2v) is 4.71. The highest BCUT2D eigenvalue weighted by Gasteiger charge is 2.38. The van der Waals surface area contributed by atoms with Gasteiger partial charge in [-0.15, -0.1) is 0 Å². The minimum atomic E-state index is 0.108. The molecule has 1 amide bonds. The van der Waals surface area contributed by atoms with Gasteiger partial charge < -0.3 is 14.8 Å². The monoisotopic (exact) mass is 220 g/mol. The summed E-state index contributed by atoms with van der Waals surface area (Å²) in [5.74, 6) is 0.758. The molecule has 1 aromatic rings. The summed E-state index contributed by atoms with van der Waals surface area (Å²) in [5.41, 5.74) is 0.681. The molecule has 0 spiro atoms. The van der Waals surface area contributed by atoms with Crippen LogP contribution in [0.3, 0.4) is 0 Å². The van der Waals surface area contributed by atoms with Crippen molar-refractivity contribution in [3.05, 3.63) is 18.2 Å². The van der Waals surface area contributed by atoms with E-state index in [9.17, 15) is 4.79 Å². The van der Waals surface area contributed by atoms with E-state index in [0.29, 0.717) is 17.7 Å². The van der Waals surface area contributed by atoms with Crippen LogP contribution in [-0.2, 0) is 7.05 Å². The largest absolute Gasteiger partial charge is 0.335 e. The van der Waals surface area contributed by atoms with Crippen molar-refractivity contribution in [1.29, 1.82) is 0 Å². The molecule has 5 nitrogen and oxygen atoms in total. The van der Waals surface area contributed by atoms with Gasteiger partial charge in [-0.25, -0.2) is 4.98 Å². The molecular formula is C11H16N4O.